The van der Waals surface area contributed by atoms with Gasteiger partial charge in [-0.15, -0.1) is 11.3 Å². The lowest BCUT2D eigenvalue weighted by atomic mass is 10.1. The van der Waals surface area contributed by atoms with Crippen LogP contribution in [0.25, 0.3) is 0 Å². The Hall–Kier alpha value is -3.28. The number of carbonyl (C=O) groups is 3. The number of nitro groups is 1. The molecule has 1 N–H and O–H groups in total. The Bertz CT molecular complexity index is 1010. The lowest BCUT2D eigenvalue weighted by molar-refractivity contribution is -0.385. The Morgan fingerprint density at radius 1 is 1.20 bits per heavy atom. The van der Waals surface area contributed by atoms with E-state index in [0.29, 0.717) is 12.0 Å². The highest BCUT2D eigenvalue weighted by atomic mass is 32.1. The van der Waals surface area contributed by atoms with Crippen molar-refractivity contribution >= 4 is 39.9 Å². The van der Waals surface area contributed by atoms with Crippen molar-refractivity contribution < 1.29 is 28.8 Å². The smallest absolute Gasteiger partial charge is 0.348 e. The summed E-state index contributed by atoms with van der Waals surface area (Å²) in [5.74, 6) is -2.20. The zero-order valence-corrected chi connectivity index (χ0v) is 18.0. The molecule has 0 spiro atoms. The largest absolute Gasteiger partial charge is 0.462 e. The second-order valence-electron chi connectivity index (χ2n) is 6.23. The van der Waals surface area contributed by atoms with Gasteiger partial charge in [0.2, 0.25) is 5.69 Å². The molecule has 11 nitrogen and oxygen atoms in total. The van der Waals surface area contributed by atoms with Gasteiger partial charge >= 0.3 is 17.6 Å². The Balaban J connectivity index is 2.51. The first kappa shape index (κ1) is 23.0. The Labute approximate surface area is 176 Å². The van der Waals surface area contributed by atoms with Gasteiger partial charge in [0.25, 0.3) is 5.91 Å². The van der Waals surface area contributed by atoms with Crippen LogP contribution < -0.4 is 5.32 Å². The zero-order valence-electron chi connectivity index (χ0n) is 17.2. The zero-order chi connectivity index (χ0) is 22.6. The number of anilines is 1. The molecule has 0 atom stereocenters. The third kappa shape index (κ3) is 4.48. The van der Waals surface area contributed by atoms with E-state index >= 15 is 0 Å². The molecule has 2 rings (SSSR count). The lowest BCUT2D eigenvalue weighted by Crippen LogP contribution is -2.19. The van der Waals surface area contributed by atoms with Crippen molar-refractivity contribution in [3.05, 3.63) is 37.5 Å². The van der Waals surface area contributed by atoms with E-state index in [1.807, 2.05) is 6.92 Å². The number of aromatic nitrogens is 2. The van der Waals surface area contributed by atoms with Gasteiger partial charge in [-0.05, 0) is 32.8 Å². The van der Waals surface area contributed by atoms with Crippen LogP contribution >= 0.6 is 11.3 Å². The molecule has 0 aliphatic rings. The maximum Gasteiger partial charge on any atom is 0.348 e. The minimum absolute atomic E-state index is 0.00592. The summed E-state index contributed by atoms with van der Waals surface area (Å²) in [6.07, 6.45) is 0.585. The maximum absolute atomic E-state index is 12.8. The summed E-state index contributed by atoms with van der Waals surface area (Å²) in [5, 5.41) is 17.8. The van der Waals surface area contributed by atoms with Crippen LogP contribution in [0.1, 0.15) is 62.0 Å². The highest BCUT2D eigenvalue weighted by molar-refractivity contribution is 7.18. The average molecular weight is 438 g/mol. The van der Waals surface area contributed by atoms with Gasteiger partial charge in [0.05, 0.1) is 23.7 Å². The number of esters is 2. The third-order valence-electron chi connectivity index (χ3n) is 4.06. The first-order valence-electron chi connectivity index (χ1n) is 9.10. The SMILES string of the molecule is CCCOC(=O)c1c(NC(=O)c2c([N+](=O)[O-])c(C)nn2C)sc(C(=O)OCC)c1C. The topological polar surface area (TPSA) is 143 Å². The highest BCUT2D eigenvalue weighted by Gasteiger charge is 2.32. The minimum Gasteiger partial charge on any atom is -0.462 e. The fraction of sp³-hybridized carbons (Fsp3) is 0.444. The van der Waals surface area contributed by atoms with Crippen LogP contribution in [0.4, 0.5) is 10.7 Å². The summed E-state index contributed by atoms with van der Waals surface area (Å²) in [5.41, 5.74) is -0.347. The second kappa shape index (κ2) is 9.48. The molecule has 30 heavy (non-hydrogen) atoms. The molecule has 0 bridgehead atoms. The Morgan fingerprint density at radius 2 is 1.87 bits per heavy atom. The number of thiophene rings is 1. The Kier molecular flexibility index (Phi) is 7.27. The number of carbonyl (C=O) groups excluding carboxylic acids is 3. The molecular weight excluding hydrogens is 416 g/mol. The fourth-order valence-electron chi connectivity index (χ4n) is 2.79. The summed E-state index contributed by atoms with van der Waals surface area (Å²) in [4.78, 5) is 48.4. The van der Waals surface area contributed by atoms with Gasteiger partial charge in [-0.25, -0.2) is 9.59 Å². The van der Waals surface area contributed by atoms with E-state index in [1.165, 1.54) is 20.9 Å². The third-order valence-corrected chi connectivity index (χ3v) is 5.25. The predicted molar refractivity (Wildman–Crippen MR) is 108 cm³/mol. The number of nitrogens with zero attached hydrogens (tertiary/aromatic N) is 3. The van der Waals surface area contributed by atoms with Crippen molar-refractivity contribution in [2.24, 2.45) is 7.05 Å². The number of amides is 1. The monoisotopic (exact) mass is 438 g/mol. The molecule has 0 aliphatic carbocycles. The van der Waals surface area contributed by atoms with Gasteiger partial charge in [0, 0.05) is 7.05 Å². The van der Waals surface area contributed by atoms with E-state index in [-0.39, 0.29) is 40.0 Å². The molecule has 162 valence electrons. The summed E-state index contributed by atoms with van der Waals surface area (Å²) in [6.45, 7) is 6.71. The van der Waals surface area contributed by atoms with Crippen molar-refractivity contribution in [3.8, 4) is 0 Å². The van der Waals surface area contributed by atoms with Gasteiger partial charge in [-0.2, -0.15) is 5.10 Å². The second-order valence-corrected chi connectivity index (χ2v) is 7.25. The number of hydrogen-bond acceptors (Lipinski definition) is 9. The van der Waals surface area contributed by atoms with Gasteiger partial charge in [0.1, 0.15) is 15.6 Å². The molecule has 0 aromatic carbocycles. The molecule has 2 aromatic rings. The van der Waals surface area contributed by atoms with Crippen LogP contribution in [0, 0.1) is 24.0 Å². The van der Waals surface area contributed by atoms with Crippen LogP contribution in [-0.4, -0.2) is 45.8 Å². The van der Waals surface area contributed by atoms with Crippen LogP contribution in [0.15, 0.2) is 0 Å². The normalized spacial score (nSPS) is 10.6. The first-order valence-corrected chi connectivity index (χ1v) is 9.92. The molecule has 12 heteroatoms. The summed E-state index contributed by atoms with van der Waals surface area (Å²) >= 11 is 0.839. The molecule has 0 saturated heterocycles. The van der Waals surface area contributed by atoms with Crippen molar-refractivity contribution in [3.63, 3.8) is 0 Å². The lowest BCUT2D eigenvalue weighted by Gasteiger charge is -2.07. The maximum atomic E-state index is 12.8. The quantitative estimate of drug-likeness (QED) is 0.376. The molecule has 0 radical (unpaired) electrons. The van der Waals surface area contributed by atoms with Crippen LogP contribution in [-0.2, 0) is 16.5 Å². The van der Waals surface area contributed by atoms with Gasteiger partial charge < -0.3 is 14.8 Å². The number of aryl methyl sites for hydroxylation is 2. The standard InChI is InChI=1S/C18H22N4O7S/c1-6-8-29-17(24)11-9(3)14(18(25)28-7-2)30-16(11)19-15(23)13-12(22(26)27)10(4)20-21(13)5/h6-8H2,1-5H3,(H,19,23). The van der Waals surface area contributed by atoms with E-state index in [2.05, 4.69) is 10.4 Å². The molecule has 2 aromatic heterocycles. The fourth-order valence-corrected chi connectivity index (χ4v) is 3.87. The van der Waals surface area contributed by atoms with Gasteiger partial charge in [0.15, 0.2) is 0 Å². The summed E-state index contributed by atoms with van der Waals surface area (Å²) in [6, 6.07) is 0. The number of rotatable bonds is 8. The van der Waals surface area contributed by atoms with Crippen molar-refractivity contribution in [1.82, 2.24) is 9.78 Å². The number of hydrogen-bond donors (Lipinski definition) is 1. The van der Waals surface area contributed by atoms with Crippen LogP contribution in [0.5, 0.6) is 0 Å². The average Bonchev–Trinajstić information content (AvgIpc) is 3.15. The molecule has 0 fully saturated rings. The molecule has 2 heterocycles. The first-order chi connectivity index (χ1) is 14.1. The van der Waals surface area contributed by atoms with E-state index in [9.17, 15) is 24.5 Å². The van der Waals surface area contributed by atoms with E-state index in [1.54, 1.807) is 6.92 Å². The molecule has 0 saturated carbocycles. The summed E-state index contributed by atoms with van der Waals surface area (Å²) < 4.78 is 11.3. The molecule has 1 amide bonds. The minimum atomic E-state index is -0.842. The number of nitrogens with one attached hydrogen (secondary N) is 1. The van der Waals surface area contributed by atoms with E-state index in [0.717, 1.165) is 16.0 Å². The highest BCUT2D eigenvalue weighted by Crippen LogP contribution is 2.35. The summed E-state index contributed by atoms with van der Waals surface area (Å²) in [7, 11) is 1.40. The number of ether oxygens (including phenoxy) is 2. The van der Waals surface area contributed by atoms with E-state index < -0.39 is 28.5 Å². The van der Waals surface area contributed by atoms with E-state index in [4.69, 9.17) is 9.47 Å². The van der Waals surface area contributed by atoms with Gasteiger partial charge in [-0.1, -0.05) is 6.92 Å². The van der Waals surface area contributed by atoms with Crippen molar-refractivity contribution in [1.29, 1.82) is 0 Å². The molecule has 0 unspecified atom stereocenters. The van der Waals surface area contributed by atoms with Crippen LogP contribution in [0.3, 0.4) is 0 Å². The van der Waals surface area contributed by atoms with Crippen molar-refractivity contribution in [2.45, 2.75) is 34.1 Å². The molecular formula is C18H22N4O7S. The van der Waals surface area contributed by atoms with Crippen molar-refractivity contribution in [2.75, 3.05) is 18.5 Å². The van der Waals surface area contributed by atoms with Crippen LogP contribution in [0.2, 0.25) is 0 Å². The van der Waals surface area contributed by atoms with Gasteiger partial charge in [-0.3, -0.25) is 19.6 Å². The Morgan fingerprint density at radius 3 is 2.43 bits per heavy atom. The molecule has 0 aliphatic heterocycles. The predicted octanol–water partition coefficient (Wildman–Crippen LogP) is 3.00.